The van der Waals surface area contributed by atoms with E-state index in [2.05, 4.69) is 0 Å². The summed E-state index contributed by atoms with van der Waals surface area (Å²) in [7, 11) is -3.19. The zero-order valence-electron chi connectivity index (χ0n) is 13.6. The van der Waals surface area contributed by atoms with Crippen molar-refractivity contribution in [2.75, 3.05) is 16.4 Å². The quantitative estimate of drug-likeness (QED) is 0.888. The molecule has 3 rings (SSSR count). The molecule has 1 atom stereocenters. The number of anilines is 1. The van der Waals surface area contributed by atoms with E-state index in [1.165, 1.54) is 11.0 Å². The van der Waals surface area contributed by atoms with Crippen molar-refractivity contribution in [1.82, 2.24) is 0 Å². The van der Waals surface area contributed by atoms with Gasteiger partial charge in [0.1, 0.15) is 5.75 Å². The predicted octanol–water partition coefficient (Wildman–Crippen LogP) is 3.19. The van der Waals surface area contributed by atoms with E-state index in [0.717, 1.165) is 5.56 Å². The molecule has 0 radical (unpaired) electrons. The number of rotatable bonds is 3. The van der Waals surface area contributed by atoms with Gasteiger partial charge in [0.15, 0.2) is 9.84 Å². The van der Waals surface area contributed by atoms with E-state index >= 15 is 0 Å². The Morgan fingerprint density at radius 2 is 1.88 bits per heavy atom. The van der Waals surface area contributed by atoms with Gasteiger partial charge < -0.3 is 10.0 Å². The van der Waals surface area contributed by atoms with Gasteiger partial charge in [-0.05, 0) is 55.3 Å². The molecule has 1 N–H and O–H groups in total. The van der Waals surface area contributed by atoms with Crippen LogP contribution >= 0.6 is 11.6 Å². The fourth-order valence-electron chi connectivity index (χ4n) is 3.01. The van der Waals surface area contributed by atoms with Crippen molar-refractivity contribution >= 4 is 33.0 Å². The summed E-state index contributed by atoms with van der Waals surface area (Å²) in [4.78, 5) is 14.5. The minimum absolute atomic E-state index is 0.0364. The number of halogens is 1. The number of benzene rings is 2. The number of aromatic hydroxyl groups is 1. The smallest absolute Gasteiger partial charge is 0.258 e. The average Bonchev–Trinajstić information content (AvgIpc) is 2.91. The van der Waals surface area contributed by atoms with Crippen LogP contribution in [0.15, 0.2) is 42.5 Å². The Kier molecular flexibility index (Phi) is 4.75. The molecule has 1 unspecified atom stereocenters. The third kappa shape index (κ3) is 3.80. The Morgan fingerprint density at radius 1 is 1.20 bits per heavy atom. The number of carbonyl (C=O) groups is 1. The summed E-state index contributed by atoms with van der Waals surface area (Å²) in [6, 6.07) is 10.8. The van der Waals surface area contributed by atoms with Crippen LogP contribution < -0.4 is 4.90 Å². The highest BCUT2D eigenvalue weighted by Crippen LogP contribution is 2.34. The number of aryl methyl sites for hydroxylation is 1. The molecule has 1 saturated heterocycles. The molecule has 0 spiro atoms. The van der Waals surface area contributed by atoms with Crippen LogP contribution in [-0.2, 0) is 9.84 Å². The summed E-state index contributed by atoms with van der Waals surface area (Å²) in [6.07, 6.45) is 0.342. The Labute approximate surface area is 151 Å². The first kappa shape index (κ1) is 17.8. The lowest BCUT2D eigenvalue weighted by Gasteiger charge is -2.29. The van der Waals surface area contributed by atoms with Gasteiger partial charge in [-0.3, -0.25) is 4.79 Å². The number of hydrogen-bond donors (Lipinski definition) is 1. The first-order valence-corrected chi connectivity index (χ1v) is 10.1. The van der Waals surface area contributed by atoms with Crippen LogP contribution in [-0.4, -0.2) is 37.0 Å². The Morgan fingerprint density at radius 3 is 2.48 bits per heavy atom. The highest BCUT2D eigenvalue weighted by molar-refractivity contribution is 7.91. The highest BCUT2D eigenvalue weighted by Gasteiger charge is 2.37. The van der Waals surface area contributed by atoms with E-state index in [1.807, 2.05) is 6.92 Å². The molecule has 0 aromatic heterocycles. The molecular weight excluding hydrogens is 362 g/mol. The monoisotopic (exact) mass is 379 g/mol. The Bertz CT molecular complexity index is 909. The molecule has 132 valence electrons. The number of nitrogens with zero attached hydrogens (tertiary/aromatic N) is 1. The van der Waals surface area contributed by atoms with Crippen molar-refractivity contribution < 1.29 is 18.3 Å². The molecule has 1 aliphatic heterocycles. The standard InChI is InChI=1S/C18H18ClNO4S/c1-12-2-7-17(21)16(10-12)20(15-8-9-25(23,24)11-15)18(22)13-3-5-14(19)6-4-13/h2-7,10,15,21H,8-9,11H2,1H3. The van der Waals surface area contributed by atoms with Crippen molar-refractivity contribution in [2.45, 2.75) is 19.4 Å². The second-order valence-corrected chi connectivity index (χ2v) is 8.90. The zero-order chi connectivity index (χ0) is 18.2. The number of sulfone groups is 1. The second-order valence-electron chi connectivity index (χ2n) is 6.23. The van der Waals surface area contributed by atoms with Crippen LogP contribution in [0.25, 0.3) is 0 Å². The minimum atomic E-state index is -3.19. The van der Waals surface area contributed by atoms with Gasteiger partial charge in [-0.15, -0.1) is 0 Å². The number of hydrogen-bond acceptors (Lipinski definition) is 4. The molecule has 1 aliphatic rings. The zero-order valence-corrected chi connectivity index (χ0v) is 15.2. The Hall–Kier alpha value is -2.05. The van der Waals surface area contributed by atoms with Crippen LogP contribution in [0.3, 0.4) is 0 Å². The average molecular weight is 380 g/mol. The summed E-state index contributed by atoms with van der Waals surface area (Å²) in [6.45, 7) is 1.85. The SMILES string of the molecule is Cc1ccc(O)c(N(C(=O)c2ccc(Cl)cc2)C2CCS(=O)(=O)C2)c1. The Balaban J connectivity index is 2.07. The summed E-state index contributed by atoms with van der Waals surface area (Å²) in [5.41, 5.74) is 1.57. The van der Waals surface area contributed by atoms with Gasteiger partial charge in [-0.25, -0.2) is 8.42 Å². The number of carbonyl (C=O) groups excluding carboxylic acids is 1. The van der Waals surface area contributed by atoms with E-state index in [-0.39, 0.29) is 23.2 Å². The van der Waals surface area contributed by atoms with Crippen LogP contribution in [0.2, 0.25) is 5.02 Å². The summed E-state index contributed by atoms with van der Waals surface area (Å²) < 4.78 is 23.8. The summed E-state index contributed by atoms with van der Waals surface area (Å²) >= 11 is 5.88. The van der Waals surface area contributed by atoms with Crippen molar-refractivity contribution in [3.8, 4) is 5.75 Å². The van der Waals surface area contributed by atoms with E-state index in [9.17, 15) is 18.3 Å². The predicted molar refractivity (Wildman–Crippen MR) is 98.2 cm³/mol. The van der Waals surface area contributed by atoms with Gasteiger partial charge >= 0.3 is 0 Å². The van der Waals surface area contributed by atoms with E-state index < -0.39 is 15.9 Å². The molecule has 1 fully saturated rings. The molecule has 0 saturated carbocycles. The fourth-order valence-corrected chi connectivity index (χ4v) is 4.83. The van der Waals surface area contributed by atoms with Crippen molar-refractivity contribution in [3.05, 3.63) is 58.6 Å². The third-order valence-electron chi connectivity index (χ3n) is 4.27. The second kappa shape index (κ2) is 6.69. The van der Waals surface area contributed by atoms with E-state index in [1.54, 1.807) is 36.4 Å². The van der Waals surface area contributed by atoms with Crippen molar-refractivity contribution in [2.24, 2.45) is 0 Å². The number of phenolic OH excluding ortho intramolecular Hbond substituents is 1. The van der Waals surface area contributed by atoms with Gasteiger partial charge in [-0.1, -0.05) is 17.7 Å². The molecule has 5 nitrogen and oxygen atoms in total. The first-order chi connectivity index (χ1) is 11.8. The molecule has 2 aromatic rings. The maximum atomic E-state index is 13.1. The van der Waals surface area contributed by atoms with Crippen LogP contribution in [0.5, 0.6) is 5.75 Å². The van der Waals surface area contributed by atoms with Gasteiger partial charge in [0.2, 0.25) is 0 Å². The lowest BCUT2D eigenvalue weighted by atomic mass is 10.1. The third-order valence-corrected chi connectivity index (χ3v) is 6.28. The first-order valence-electron chi connectivity index (χ1n) is 7.86. The lowest BCUT2D eigenvalue weighted by Crippen LogP contribution is -2.41. The summed E-state index contributed by atoms with van der Waals surface area (Å²) in [5.74, 6) is -0.495. The molecule has 0 bridgehead atoms. The largest absolute Gasteiger partial charge is 0.506 e. The molecular formula is C18H18ClNO4S. The normalized spacial score (nSPS) is 18.9. The maximum absolute atomic E-state index is 13.1. The van der Waals surface area contributed by atoms with E-state index in [0.29, 0.717) is 22.7 Å². The maximum Gasteiger partial charge on any atom is 0.258 e. The molecule has 25 heavy (non-hydrogen) atoms. The fraction of sp³-hybridized carbons (Fsp3) is 0.278. The molecule has 0 aliphatic carbocycles. The van der Waals surface area contributed by atoms with E-state index in [4.69, 9.17) is 11.6 Å². The van der Waals surface area contributed by atoms with Crippen LogP contribution in [0.1, 0.15) is 22.3 Å². The summed E-state index contributed by atoms with van der Waals surface area (Å²) in [5, 5.41) is 10.8. The van der Waals surface area contributed by atoms with Crippen molar-refractivity contribution in [3.63, 3.8) is 0 Å². The highest BCUT2D eigenvalue weighted by atomic mass is 35.5. The molecule has 7 heteroatoms. The number of phenols is 1. The van der Waals surface area contributed by atoms with Crippen LogP contribution in [0.4, 0.5) is 5.69 Å². The van der Waals surface area contributed by atoms with Gasteiger partial charge in [0.05, 0.1) is 23.2 Å². The number of amides is 1. The van der Waals surface area contributed by atoms with Gasteiger partial charge in [0, 0.05) is 10.6 Å². The topological polar surface area (TPSA) is 74.7 Å². The van der Waals surface area contributed by atoms with Gasteiger partial charge in [0.25, 0.3) is 5.91 Å². The van der Waals surface area contributed by atoms with Crippen molar-refractivity contribution in [1.29, 1.82) is 0 Å². The molecule has 1 amide bonds. The molecule has 1 heterocycles. The molecule has 2 aromatic carbocycles. The lowest BCUT2D eigenvalue weighted by molar-refractivity contribution is 0.0978. The van der Waals surface area contributed by atoms with Gasteiger partial charge in [-0.2, -0.15) is 0 Å². The minimum Gasteiger partial charge on any atom is -0.506 e. The van der Waals surface area contributed by atoms with Crippen LogP contribution in [0, 0.1) is 6.92 Å².